The van der Waals surface area contributed by atoms with Gasteiger partial charge in [0.25, 0.3) is 0 Å². The van der Waals surface area contributed by atoms with Gasteiger partial charge in [0.15, 0.2) is 0 Å². The lowest BCUT2D eigenvalue weighted by atomic mass is 9.73. The summed E-state index contributed by atoms with van der Waals surface area (Å²) in [6.07, 6.45) is 8.12. The summed E-state index contributed by atoms with van der Waals surface area (Å²) in [6.45, 7) is 0.500. The highest BCUT2D eigenvalue weighted by Crippen LogP contribution is 2.36. The van der Waals surface area contributed by atoms with Crippen LogP contribution in [0.4, 0.5) is 5.69 Å². The number of anilines is 1. The Labute approximate surface area is 124 Å². The minimum absolute atomic E-state index is 0.0378. The molecule has 21 heavy (non-hydrogen) atoms. The molecule has 1 heterocycles. The number of carbonyl (C=O) groups is 2. The number of rotatable bonds is 5. The van der Waals surface area contributed by atoms with Crippen LogP contribution in [0, 0.1) is 5.41 Å². The Balaban J connectivity index is 2.00. The summed E-state index contributed by atoms with van der Waals surface area (Å²) >= 11 is 0. The zero-order valence-electron chi connectivity index (χ0n) is 12.4. The molecule has 1 fully saturated rings. The lowest BCUT2D eigenvalue weighted by Gasteiger charge is -2.34. The fraction of sp³-hybridized carbons (Fsp3) is 0.643. The third-order valence-corrected chi connectivity index (χ3v) is 4.16. The van der Waals surface area contributed by atoms with E-state index >= 15 is 0 Å². The third kappa shape index (κ3) is 3.60. The molecule has 4 N–H and O–H groups in total. The van der Waals surface area contributed by atoms with E-state index in [0.29, 0.717) is 12.2 Å². The number of nitrogens with zero attached hydrogens (tertiary/aromatic N) is 2. The molecule has 2 amide bonds. The Morgan fingerprint density at radius 1 is 1.38 bits per heavy atom. The van der Waals surface area contributed by atoms with E-state index in [0.717, 1.165) is 25.7 Å². The van der Waals surface area contributed by atoms with E-state index in [1.165, 1.54) is 11.1 Å². The first-order valence-corrected chi connectivity index (χ1v) is 7.34. The van der Waals surface area contributed by atoms with E-state index in [-0.39, 0.29) is 18.4 Å². The fourth-order valence-corrected chi connectivity index (χ4v) is 2.76. The van der Waals surface area contributed by atoms with Gasteiger partial charge in [-0.05, 0) is 12.8 Å². The quantitative estimate of drug-likeness (QED) is 0.734. The number of nitrogens with two attached hydrogens (primary N) is 1. The Kier molecular flexibility index (Phi) is 4.95. The number of amides is 2. The van der Waals surface area contributed by atoms with Crippen molar-refractivity contribution in [2.45, 2.75) is 38.6 Å². The van der Waals surface area contributed by atoms with Crippen molar-refractivity contribution in [2.75, 3.05) is 18.9 Å². The molecular weight excluding hydrogens is 270 g/mol. The second-order valence-corrected chi connectivity index (χ2v) is 5.60. The van der Waals surface area contributed by atoms with Crippen LogP contribution in [-0.2, 0) is 16.1 Å². The van der Waals surface area contributed by atoms with Crippen molar-refractivity contribution < 1.29 is 9.59 Å². The first-order valence-electron chi connectivity index (χ1n) is 7.34. The van der Waals surface area contributed by atoms with Gasteiger partial charge in [-0.15, -0.1) is 0 Å². The van der Waals surface area contributed by atoms with E-state index in [2.05, 4.69) is 15.7 Å². The minimum Gasteiger partial charge on any atom is -0.358 e. The number of nitrogens with one attached hydrogen (secondary N) is 2. The molecule has 0 atom stereocenters. The third-order valence-electron chi connectivity index (χ3n) is 4.16. The van der Waals surface area contributed by atoms with Gasteiger partial charge in [0, 0.05) is 19.8 Å². The SMILES string of the molecule is CNC(=O)Cn1cc(NC(=O)C2(CN)CCCCC2)cn1. The van der Waals surface area contributed by atoms with Gasteiger partial charge in [-0.25, -0.2) is 0 Å². The van der Waals surface area contributed by atoms with Crippen LogP contribution in [0.3, 0.4) is 0 Å². The van der Waals surface area contributed by atoms with Crippen LogP contribution < -0.4 is 16.4 Å². The molecule has 7 nitrogen and oxygen atoms in total. The summed E-state index contributed by atoms with van der Waals surface area (Å²) in [5.74, 6) is -0.175. The standard InChI is InChI=1S/C14H23N5O2/c1-16-12(20)9-19-8-11(7-17-19)18-13(21)14(10-15)5-3-2-4-6-14/h7-8H,2-6,9-10,15H2,1H3,(H,16,20)(H,18,21). The smallest absolute Gasteiger partial charge is 0.241 e. The monoisotopic (exact) mass is 293 g/mol. The van der Waals surface area contributed by atoms with Crippen LogP contribution in [0.1, 0.15) is 32.1 Å². The van der Waals surface area contributed by atoms with Crippen LogP contribution in [0.25, 0.3) is 0 Å². The molecule has 0 aliphatic heterocycles. The molecule has 116 valence electrons. The van der Waals surface area contributed by atoms with Gasteiger partial charge in [-0.1, -0.05) is 19.3 Å². The van der Waals surface area contributed by atoms with E-state index in [4.69, 9.17) is 5.73 Å². The van der Waals surface area contributed by atoms with Crippen LogP contribution in [0.2, 0.25) is 0 Å². The molecule has 7 heteroatoms. The first kappa shape index (κ1) is 15.5. The fourth-order valence-electron chi connectivity index (χ4n) is 2.76. The minimum atomic E-state index is -0.457. The summed E-state index contributed by atoms with van der Waals surface area (Å²) in [5, 5.41) is 9.47. The molecule has 1 aliphatic rings. The number of hydrogen-bond acceptors (Lipinski definition) is 4. The Bertz CT molecular complexity index is 505. The zero-order valence-corrected chi connectivity index (χ0v) is 12.4. The predicted molar refractivity (Wildman–Crippen MR) is 79.5 cm³/mol. The normalized spacial score (nSPS) is 17.2. The average Bonchev–Trinajstić information content (AvgIpc) is 2.94. The topological polar surface area (TPSA) is 102 Å². The maximum Gasteiger partial charge on any atom is 0.241 e. The van der Waals surface area contributed by atoms with Gasteiger partial charge in [0.05, 0.1) is 17.3 Å². The highest BCUT2D eigenvalue weighted by atomic mass is 16.2. The molecule has 0 bridgehead atoms. The van der Waals surface area contributed by atoms with Gasteiger partial charge in [0.1, 0.15) is 6.54 Å². The molecule has 0 spiro atoms. The number of aromatic nitrogens is 2. The van der Waals surface area contributed by atoms with Crippen LogP contribution in [0.5, 0.6) is 0 Å². The maximum absolute atomic E-state index is 12.5. The van der Waals surface area contributed by atoms with Crippen LogP contribution in [0.15, 0.2) is 12.4 Å². The number of carbonyl (C=O) groups excluding carboxylic acids is 2. The van der Waals surface area contributed by atoms with Crippen molar-refractivity contribution in [1.29, 1.82) is 0 Å². The van der Waals surface area contributed by atoms with E-state index < -0.39 is 5.41 Å². The van der Waals surface area contributed by atoms with Crippen molar-refractivity contribution >= 4 is 17.5 Å². The molecule has 0 radical (unpaired) electrons. The van der Waals surface area contributed by atoms with Crippen molar-refractivity contribution in [3.05, 3.63) is 12.4 Å². The van der Waals surface area contributed by atoms with E-state index in [9.17, 15) is 9.59 Å². The van der Waals surface area contributed by atoms with Crippen molar-refractivity contribution in [1.82, 2.24) is 15.1 Å². The van der Waals surface area contributed by atoms with Crippen molar-refractivity contribution in [2.24, 2.45) is 11.1 Å². The van der Waals surface area contributed by atoms with Gasteiger partial charge in [-0.2, -0.15) is 5.10 Å². The molecule has 2 rings (SSSR count). The largest absolute Gasteiger partial charge is 0.358 e. The van der Waals surface area contributed by atoms with Crippen molar-refractivity contribution in [3.63, 3.8) is 0 Å². The number of likely N-dealkylation sites (N-methyl/N-ethyl adjacent to an activating group) is 1. The van der Waals surface area contributed by atoms with Gasteiger partial charge < -0.3 is 16.4 Å². The summed E-state index contributed by atoms with van der Waals surface area (Å²) < 4.78 is 1.49. The molecule has 0 unspecified atom stereocenters. The molecule has 1 aromatic heterocycles. The second-order valence-electron chi connectivity index (χ2n) is 5.60. The number of hydrogen-bond donors (Lipinski definition) is 3. The highest BCUT2D eigenvalue weighted by molar-refractivity contribution is 5.95. The van der Waals surface area contributed by atoms with Gasteiger partial charge in [0.2, 0.25) is 11.8 Å². The zero-order chi connectivity index (χ0) is 15.3. The van der Waals surface area contributed by atoms with E-state index in [1.807, 2.05) is 0 Å². The molecule has 1 aliphatic carbocycles. The van der Waals surface area contributed by atoms with Crippen LogP contribution >= 0.6 is 0 Å². The summed E-state index contributed by atoms with van der Waals surface area (Å²) in [4.78, 5) is 23.8. The summed E-state index contributed by atoms with van der Waals surface area (Å²) in [6, 6.07) is 0. The molecule has 1 saturated carbocycles. The Hall–Kier alpha value is -1.89. The molecular formula is C14H23N5O2. The Morgan fingerprint density at radius 3 is 2.71 bits per heavy atom. The maximum atomic E-state index is 12.5. The lowest BCUT2D eigenvalue weighted by Crippen LogP contribution is -2.43. The molecule has 0 saturated heterocycles. The van der Waals surface area contributed by atoms with Crippen LogP contribution in [-0.4, -0.2) is 35.2 Å². The highest BCUT2D eigenvalue weighted by Gasteiger charge is 2.38. The molecule has 0 aromatic carbocycles. The predicted octanol–water partition coefficient (Wildman–Crippen LogP) is 0.477. The lowest BCUT2D eigenvalue weighted by molar-refractivity contribution is -0.126. The summed E-state index contributed by atoms with van der Waals surface area (Å²) in [7, 11) is 1.57. The summed E-state index contributed by atoms with van der Waals surface area (Å²) in [5.41, 5.74) is 5.99. The average molecular weight is 293 g/mol. The van der Waals surface area contributed by atoms with Gasteiger partial charge in [-0.3, -0.25) is 14.3 Å². The molecule has 1 aromatic rings. The van der Waals surface area contributed by atoms with E-state index in [1.54, 1.807) is 19.4 Å². The van der Waals surface area contributed by atoms with Gasteiger partial charge >= 0.3 is 0 Å². The second kappa shape index (κ2) is 6.71. The Morgan fingerprint density at radius 2 is 2.10 bits per heavy atom. The first-order chi connectivity index (χ1) is 10.1. The van der Waals surface area contributed by atoms with Crippen molar-refractivity contribution in [3.8, 4) is 0 Å².